The third-order valence-electron chi connectivity index (χ3n) is 10.5. The molecule has 0 N–H and O–H groups in total. The Kier molecular flexibility index (Phi) is 6.61. The van der Waals surface area contributed by atoms with E-state index in [2.05, 4.69) is 130 Å². The molecule has 226 valence electrons. The van der Waals surface area contributed by atoms with E-state index in [1.165, 1.54) is 59.9 Å². The van der Waals surface area contributed by atoms with Gasteiger partial charge in [0.15, 0.2) is 0 Å². The van der Waals surface area contributed by atoms with Gasteiger partial charge in [-0.2, -0.15) is 0 Å². The molecule has 3 aliphatic carbocycles. The topological polar surface area (TPSA) is 9.23 Å². The number of ether oxygens (including phenoxy) is 1. The average Bonchev–Trinajstić information content (AvgIpc) is 3.30. The molecule has 4 aromatic rings. The number of aryl methyl sites for hydroxylation is 1. The summed E-state index contributed by atoms with van der Waals surface area (Å²) in [6.07, 6.45) is 21.1. The first-order valence-corrected chi connectivity index (χ1v) is 20.0. The lowest BCUT2D eigenvalue weighted by molar-refractivity contribution is 0.444. The van der Waals surface area contributed by atoms with E-state index in [9.17, 15) is 0 Å². The molecular formula is C43H38OP2. The van der Waals surface area contributed by atoms with Crippen LogP contribution in [-0.2, 0) is 5.41 Å². The zero-order valence-corrected chi connectivity index (χ0v) is 28.8. The highest BCUT2D eigenvalue weighted by Crippen LogP contribution is 2.60. The fourth-order valence-electron chi connectivity index (χ4n) is 7.93. The third kappa shape index (κ3) is 4.04. The molecule has 4 aliphatic rings. The second-order valence-corrected chi connectivity index (χ2v) is 19.7. The second-order valence-electron chi connectivity index (χ2n) is 13.5. The maximum Gasteiger partial charge on any atom is 0.144 e. The van der Waals surface area contributed by atoms with Crippen LogP contribution in [0.15, 0.2) is 143 Å². The molecule has 0 fully saturated rings. The largest absolute Gasteiger partial charge is 0.455 e. The predicted octanol–water partition coefficient (Wildman–Crippen LogP) is 9.21. The first-order valence-electron chi connectivity index (χ1n) is 16.1. The van der Waals surface area contributed by atoms with Crippen molar-refractivity contribution in [1.29, 1.82) is 0 Å². The van der Waals surface area contributed by atoms with Crippen LogP contribution < -0.4 is 26.0 Å². The molecule has 0 radical (unpaired) electrons. The molecule has 2 atom stereocenters. The lowest BCUT2D eigenvalue weighted by Gasteiger charge is -2.35. The van der Waals surface area contributed by atoms with Gasteiger partial charge in [0.2, 0.25) is 0 Å². The smallest absolute Gasteiger partial charge is 0.144 e. The maximum atomic E-state index is 6.35. The van der Waals surface area contributed by atoms with Crippen LogP contribution in [0.1, 0.15) is 50.3 Å². The van der Waals surface area contributed by atoms with Crippen LogP contribution in [0.2, 0.25) is 0 Å². The van der Waals surface area contributed by atoms with Gasteiger partial charge in [0.05, 0.1) is 0 Å². The highest BCUT2D eigenvalue weighted by molar-refractivity contribution is 7.91. The lowest BCUT2D eigenvalue weighted by Crippen LogP contribution is -2.26. The van der Waals surface area contributed by atoms with E-state index in [-0.39, 0.29) is 5.41 Å². The van der Waals surface area contributed by atoms with Crippen molar-refractivity contribution in [1.82, 2.24) is 0 Å². The minimum atomic E-state index is -2.23. The SMILES string of the molecule is C=P(C1=C(C)CCC=C1)(c1ccc2c(c1)C(C)(C)c1cc(P3(=C)C4=C(C=C=C=C4)Oc4ccccc43)ccc1-2)c1ccccc1C. The number of rotatable bonds is 4. The van der Waals surface area contributed by atoms with Crippen LogP contribution >= 0.6 is 13.8 Å². The second kappa shape index (κ2) is 10.4. The molecule has 1 nitrogen and oxygen atoms in total. The molecule has 0 saturated heterocycles. The van der Waals surface area contributed by atoms with Crippen molar-refractivity contribution in [2.75, 3.05) is 0 Å². The maximum absolute atomic E-state index is 6.35. The average molecular weight is 633 g/mol. The Morgan fingerprint density at radius 1 is 0.848 bits per heavy atom. The summed E-state index contributed by atoms with van der Waals surface area (Å²) in [4.78, 5) is 0. The summed E-state index contributed by atoms with van der Waals surface area (Å²) in [5.41, 5.74) is 14.3. The lowest BCUT2D eigenvalue weighted by atomic mass is 9.82. The number of fused-ring (bicyclic) bond motifs is 4. The molecule has 0 saturated carbocycles. The highest BCUT2D eigenvalue weighted by Gasteiger charge is 2.40. The zero-order valence-electron chi connectivity index (χ0n) is 27.0. The number of allylic oxidation sites excluding steroid dienone is 7. The van der Waals surface area contributed by atoms with Gasteiger partial charge in [-0.05, 0) is 108 Å². The van der Waals surface area contributed by atoms with Crippen molar-refractivity contribution in [3.63, 3.8) is 0 Å². The molecular weight excluding hydrogens is 594 g/mol. The Bertz CT molecular complexity index is 2310. The van der Waals surface area contributed by atoms with Crippen molar-refractivity contribution in [2.45, 2.75) is 46.0 Å². The van der Waals surface area contributed by atoms with Crippen LogP contribution in [-0.4, -0.2) is 12.6 Å². The Hall–Kier alpha value is -4.20. The molecule has 2 unspecified atom stereocenters. The van der Waals surface area contributed by atoms with E-state index in [1.54, 1.807) is 0 Å². The van der Waals surface area contributed by atoms with E-state index >= 15 is 0 Å². The summed E-state index contributed by atoms with van der Waals surface area (Å²) in [5, 5.41) is 7.71. The van der Waals surface area contributed by atoms with E-state index in [1.807, 2.05) is 18.2 Å². The number of hydrogen-bond acceptors (Lipinski definition) is 1. The first-order chi connectivity index (χ1) is 22.1. The minimum absolute atomic E-state index is 0.191. The van der Waals surface area contributed by atoms with Crippen LogP contribution in [0.25, 0.3) is 11.1 Å². The van der Waals surface area contributed by atoms with E-state index in [0.717, 1.165) is 29.7 Å². The summed E-state index contributed by atoms with van der Waals surface area (Å²) in [6, 6.07) is 31.6. The molecule has 0 bridgehead atoms. The standard InChI is InChI=1S/C43H38OP2/c1-29-15-7-11-19-39(29)45(5,40-20-12-8-16-30(40)2)31-23-25-33-34-26-24-32(28-36(34)43(3,4)35(33)27-31)46(6)41-21-13-9-17-37(41)44-38-18-10-14-22-42(38)46/h7,9,11-13,15,17-28H,5-6,8,16H2,1-4H3. The van der Waals surface area contributed by atoms with E-state index in [4.69, 9.17) is 17.3 Å². The van der Waals surface area contributed by atoms with Crippen LogP contribution in [0, 0.1) is 6.92 Å². The first kappa shape index (κ1) is 29.2. The molecule has 0 aromatic heterocycles. The van der Waals surface area contributed by atoms with Crippen LogP contribution in [0.4, 0.5) is 0 Å². The molecule has 0 amide bonds. The zero-order chi connectivity index (χ0) is 31.8. The monoisotopic (exact) mass is 632 g/mol. The van der Waals surface area contributed by atoms with Crippen molar-refractivity contribution in [3.8, 4) is 16.9 Å². The summed E-state index contributed by atoms with van der Waals surface area (Å²) in [7, 11) is 0. The van der Waals surface area contributed by atoms with Gasteiger partial charge in [-0.25, -0.2) is 0 Å². The Labute approximate surface area is 273 Å². The van der Waals surface area contributed by atoms with Crippen LogP contribution in [0.5, 0.6) is 5.75 Å². The van der Waals surface area contributed by atoms with Crippen molar-refractivity contribution in [2.24, 2.45) is 0 Å². The molecule has 1 aliphatic heterocycles. The molecule has 3 heteroatoms. The molecule has 4 aromatic carbocycles. The Morgan fingerprint density at radius 2 is 1.57 bits per heavy atom. The van der Waals surface area contributed by atoms with Gasteiger partial charge in [-0.3, -0.25) is 0 Å². The predicted molar refractivity (Wildman–Crippen MR) is 203 cm³/mol. The normalized spacial score (nSPS) is 21.3. The molecule has 8 rings (SSSR count). The summed E-state index contributed by atoms with van der Waals surface area (Å²) in [6.45, 7) is 4.97. The number of para-hydroxylation sites is 1. The van der Waals surface area contributed by atoms with Gasteiger partial charge in [0.25, 0.3) is 0 Å². The Balaban J connectivity index is 1.30. The van der Waals surface area contributed by atoms with Gasteiger partial charge in [0.1, 0.15) is 11.5 Å². The Morgan fingerprint density at radius 3 is 2.37 bits per heavy atom. The van der Waals surface area contributed by atoms with Gasteiger partial charge in [-0.15, -0.1) is 0 Å². The van der Waals surface area contributed by atoms with Crippen molar-refractivity contribution < 1.29 is 4.74 Å². The van der Waals surface area contributed by atoms with Crippen LogP contribution in [0.3, 0.4) is 0 Å². The summed E-state index contributed by atoms with van der Waals surface area (Å²) >= 11 is 0. The third-order valence-corrected chi connectivity index (χ3v) is 17.9. The number of benzene rings is 4. The highest BCUT2D eigenvalue weighted by atomic mass is 31.2. The fraction of sp³-hybridized carbons (Fsp3) is 0.163. The molecule has 0 spiro atoms. The van der Waals surface area contributed by atoms with Gasteiger partial charge in [-0.1, -0.05) is 122 Å². The summed E-state index contributed by atoms with van der Waals surface area (Å²) in [5.74, 6) is 1.72. The van der Waals surface area contributed by atoms with Gasteiger partial charge in [0, 0.05) is 28.2 Å². The van der Waals surface area contributed by atoms with E-state index < -0.39 is 13.8 Å². The quantitative estimate of drug-likeness (QED) is 0.161. The minimum Gasteiger partial charge on any atom is -0.455 e. The molecule has 1 heterocycles. The van der Waals surface area contributed by atoms with Crippen molar-refractivity contribution in [3.05, 3.63) is 159 Å². The van der Waals surface area contributed by atoms with Gasteiger partial charge < -0.3 is 4.74 Å². The van der Waals surface area contributed by atoms with Crippen molar-refractivity contribution >= 4 is 47.6 Å². The fourth-order valence-corrected chi connectivity index (χ4v) is 14.7. The van der Waals surface area contributed by atoms with Gasteiger partial charge >= 0.3 is 0 Å². The van der Waals surface area contributed by atoms with E-state index in [0.29, 0.717) is 0 Å². The molecule has 46 heavy (non-hydrogen) atoms. The summed E-state index contributed by atoms with van der Waals surface area (Å²) < 4.78 is 6.35. The number of hydrogen-bond donors (Lipinski definition) is 0.